The fourth-order valence-electron chi connectivity index (χ4n) is 1.72. The first-order valence-corrected chi connectivity index (χ1v) is 6.62. The summed E-state index contributed by atoms with van der Waals surface area (Å²) in [5.74, 6) is -1.34. The quantitative estimate of drug-likeness (QED) is 0.706. The number of amides is 1. The lowest BCUT2D eigenvalue weighted by atomic mass is 10.0. The Morgan fingerprint density at radius 2 is 2.17 bits per heavy atom. The monoisotopic (exact) mass is 275 g/mol. The van der Waals surface area contributed by atoms with Crippen LogP contribution in [0.4, 0.5) is 0 Å². The average Bonchev–Trinajstić information content (AvgIpc) is 2.76. The number of methoxy groups -OCH3 is 1. The fraction of sp³-hybridized carbons (Fsp3) is 0.727. The van der Waals surface area contributed by atoms with E-state index in [1.54, 1.807) is 6.92 Å². The van der Waals surface area contributed by atoms with E-state index in [1.165, 1.54) is 18.9 Å². The number of hydrogen-bond donors (Lipinski definition) is 2. The maximum Gasteiger partial charge on any atom is 0.326 e. The number of carbonyl (C=O) groups is 3. The Morgan fingerprint density at radius 3 is 2.61 bits per heavy atom. The van der Waals surface area contributed by atoms with E-state index < -0.39 is 22.7 Å². The maximum atomic E-state index is 12.0. The van der Waals surface area contributed by atoms with Gasteiger partial charge in [0, 0.05) is 0 Å². The number of carboxylic acid groups (broad SMARTS) is 1. The number of carboxylic acids is 1. The van der Waals surface area contributed by atoms with Crippen molar-refractivity contribution < 1.29 is 24.2 Å². The molecule has 1 fully saturated rings. The number of hydrogen-bond acceptors (Lipinski definition) is 5. The molecule has 0 aromatic rings. The number of aliphatic carboxylic acids is 1. The molecule has 2 atom stereocenters. The second kappa shape index (κ2) is 6.08. The van der Waals surface area contributed by atoms with E-state index in [1.807, 2.05) is 0 Å². The van der Waals surface area contributed by atoms with Crippen LogP contribution in [0, 0.1) is 0 Å². The summed E-state index contributed by atoms with van der Waals surface area (Å²) in [4.78, 5) is 34.0. The van der Waals surface area contributed by atoms with Crippen molar-refractivity contribution >= 4 is 29.6 Å². The highest BCUT2D eigenvalue weighted by Crippen LogP contribution is 2.37. The van der Waals surface area contributed by atoms with E-state index in [0.717, 1.165) is 12.2 Å². The summed E-state index contributed by atoms with van der Waals surface area (Å²) in [6.07, 6.45) is 1.29. The Bertz CT molecular complexity index is 351. The lowest BCUT2D eigenvalue weighted by Crippen LogP contribution is -2.49. The van der Waals surface area contributed by atoms with Gasteiger partial charge in [0.05, 0.1) is 18.3 Å². The molecule has 1 heterocycles. The van der Waals surface area contributed by atoms with Gasteiger partial charge in [-0.1, -0.05) is 0 Å². The predicted molar refractivity (Wildman–Crippen MR) is 66.3 cm³/mol. The zero-order chi connectivity index (χ0) is 13.8. The van der Waals surface area contributed by atoms with Gasteiger partial charge < -0.3 is 15.2 Å². The van der Waals surface area contributed by atoms with Crippen molar-refractivity contribution in [2.45, 2.75) is 37.0 Å². The molecule has 2 N–H and O–H groups in total. The van der Waals surface area contributed by atoms with E-state index in [-0.39, 0.29) is 12.3 Å². The van der Waals surface area contributed by atoms with Crippen molar-refractivity contribution in [3.8, 4) is 0 Å². The molecule has 0 spiro atoms. The van der Waals surface area contributed by atoms with E-state index in [0.29, 0.717) is 6.42 Å². The second-order valence-electron chi connectivity index (χ2n) is 4.33. The van der Waals surface area contributed by atoms with Gasteiger partial charge in [0.25, 0.3) is 0 Å². The molecule has 1 saturated heterocycles. The van der Waals surface area contributed by atoms with Crippen LogP contribution in [0.1, 0.15) is 26.2 Å². The topological polar surface area (TPSA) is 92.7 Å². The fourth-order valence-corrected chi connectivity index (χ4v) is 2.94. The molecule has 0 saturated carbocycles. The first kappa shape index (κ1) is 14.8. The lowest BCUT2D eigenvalue weighted by molar-refractivity contribution is -0.148. The number of carbonyl (C=O) groups excluding carboxylic acids is 2. The molecule has 102 valence electrons. The molecule has 0 aromatic heterocycles. The van der Waals surface area contributed by atoms with Crippen LogP contribution >= 0.6 is 11.8 Å². The van der Waals surface area contributed by atoms with Gasteiger partial charge in [0.1, 0.15) is 6.04 Å². The maximum absolute atomic E-state index is 12.0. The molecule has 0 bridgehead atoms. The Balaban J connectivity index is 2.63. The Kier molecular flexibility index (Phi) is 5.01. The largest absolute Gasteiger partial charge is 0.480 e. The Morgan fingerprint density at radius 1 is 1.50 bits per heavy atom. The summed E-state index contributed by atoms with van der Waals surface area (Å²) < 4.78 is 3.81. The number of thioether (sulfide) groups is 1. The minimum absolute atomic E-state index is 0.332. The van der Waals surface area contributed by atoms with Crippen LogP contribution in [0.5, 0.6) is 0 Å². The third-order valence-corrected chi connectivity index (χ3v) is 4.42. The third kappa shape index (κ3) is 3.63. The molecule has 1 aliphatic rings. The molecule has 7 heteroatoms. The molecule has 1 unspecified atom stereocenters. The summed E-state index contributed by atoms with van der Waals surface area (Å²) in [5, 5.41) is 11.4. The second-order valence-corrected chi connectivity index (χ2v) is 5.93. The summed E-state index contributed by atoms with van der Waals surface area (Å²) >= 11 is 1.51. The minimum Gasteiger partial charge on any atom is -0.480 e. The molecule has 1 amide bonds. The molecule has 6 nitrogen and oxygen atoms in total. The van der Waals surface area contributed by atoms with E-state index in [4.69, 9.17) is 5.11 Å². The highest BCUT2D eigenvalue weighted by molar-refractivity contribution is 8.01. The van der Waals surface area contributed by atoms with Crippen molar-refractivity contribution in [3.63, 3.8) is 0 Å². The van der Waals surface area contributed by atoms with Gasteiger partial charge in [-0.15, -0.1) is 11.8 Å². The van der Waals surface area contributed by atoms with Crippen molar-refractivity contribution in [1.82, 2.24) is 5.32 Å². The summed E-state index contributed by atoms with van der Waals surface area (Å²) in [6.45, 7) is 1.79. The van der Waals surface area contributed by atoms with Crippen LogP contribution in [-0.4, -0.2) is 46.6 Å². The normalized spacial score (nSPS) is 24.3. The van der Waals surface area contributed by atoms with Gasteiger partial charge in [0.2, 0.25) is 5.91 Å². The first-order chi connectivity index (χ1) is 8.39. The zero-order valence-corrected chi connectivity index (χ0v) is 11.2. The molecule has 18 heavy (non-hydrogen) atoms. The van der Waals surface area contributed by atoms with Gasteiger partial charge in [-0.3, -0.25) is 9.59 Å². The van der Waals surface area contributed by atoms with Gasteiger partial charge in [-0.25, -0.2) is 4.79 Å². The molecule has 0 radical (unpaired) electrons. The number of esters is 1. The van der Waals surface area contributed by atoms with Crippen LogP contribution in [-0.2, 0) is 19.1 Å². The highest BCUT2D eigenvalue weighted by atomic mass is 32.2. The van der Waals surface area contributed by atoms with Crippen LogP contribution in [0.15, 0.2) is 0 Å². The van der Waals surface area contributed by atoms with Crippen molar-refractivity contribution in [2.75, 3.05) is 12.9 Å². The number of nitrogens with one attached hydrogen (secondary N) is 1. The SMILES string of the molecule is COC(=O)C[C@H](NC(=O)C1(C)CCCS1)C(=O)O. The van der Waals surface area contributed by atoms with Crippen LogP contribution < -0.4 is 5.32 Å². The number of ether oxygens (including phenoxy) is 1. The average molecular weight is 275 g/mol. The Hall–Kier alpha value is -1.24. The van der Waals surface area contributed by atoms with Crippen molar-refractivity contribution in [2.24, 2.45) is 0 Å². The van der Waals surface area contributed by atoms with Crippen LogP contribution in [0.2, 0.25) is 0 Å². The summed E-state index contributed by atoms with van der Waals surface area (Å²) in [5.41, 5.74) is 0. The predicted octanol–water partition coefficient (Wildman–Crippen LogP) is 0.405. The van der Waals surface area contributed by atoms with E-state index in [9.17, 15) is 14.4 Å². The minimum atomic E-state index is -1.24. The molecular weight excluding hydrogens is 258 g/mol. The summed E-state index contributed by atoms with van der Waals surface area (Å²) in [7, 11) is 1.18. The van der Waals surface area contributed by atoms with Crippen LogP contribution in [0.25, 0.3) is 0 Å². The van der Waals surface area contributed by atoms with Crippen LogP contribution in [0.3, 0.4) is 0 Å². The smallest absolute Gasteiger partial charge is 0.326 e. The van der Waals surface area contributed by atoms with Gasteiger partial charge in [0.15, 0.2) is 0 Å². The van der Waals surface area contributed by atoms with Crippen molar-refractivity contribution in [1.29, 1.82) is 0 Å². The third-order valence-electron chi connectivity index (χ3n) is 2.90. The van der Waals surface area contributed by atoms with E-state index in [2.05, 4.69) is 10.1 Å². The first-order valence-electron chi connectivity index (χ1n) is 5.63. The molecule has 0 aromatic carbocycles. The molecular formula is C11H17NO5S. The Labute approximate surface area is 109 Å². The highest BCUT2D eigenvalue weighted by Gasteiger charge is 2.39. The molecule has 0 aliphatic carbocycles. The summed E-state index contributed by atoms with van der Waals surface area (Å²) in [6, 6.07) is -1.23. The van der Waals surface area contributed by atoms with Crippen molar-refractivity contribution in [3.05, 3.63) is 0 Å². The zero-order valence-electron chi connectivity index (χ0n) is 10.4. The van der Waals surface area contributed by atoms with Gasteiger partial charge >= 0.3 is 11.9 Å². The van der Waals surface area contributed by atoms with Gasteiger partial charge in [-0.2, -0.15) is 0 Å². The van der Waals surface area contributed by atoms with E-state index >= 15 is 0 Å². The molecule has 1 aliphatic heterocycles. The number of rotatable bonds is 5. The lowest BCUT2D eigenvalue weighted by Gasteiger charge is -2.24. The molecule has 1 rings (SSSR count). The van der Waals surface area contributed by atoms with Gasteiger partial charge in [-0.05, 0) is 25.5 Å². The standard InChI is InChI=1S/C11H17NO5S/c1-11(4-3-5-18-11)10(16)12-7(9(14)15)6-8(13)17-2/h7H,3-6H2,1-2H3,(H,12,16)(H,14,15)/t7-,11?/m0/s1.